The predicted octanol–water partition coefficient (Wildman–Crippen LogP) is 1.51. The molecule has 5 nitrogen and oxygen atoms in total. The van der Waals surface area contributed by atoms with Crippen molar-refractivity contribution < 1.29 is 14.7 Å². The standard InChI is InChI=1S/C14H16N2O3/c1-14(2)9-6-16(7-10(9)14)12(17)8-3-4-15-11(5-8)13(18)19/h3-5,9-10H,6-7H2,1-2H3,(H,18,19). The minimum absolute atomic E-state index is 0.0875. The van der Waals surface area contributed by atoms with E-state index in [9.17, 15) is 9.59 Å². The zero-order chi connectivity index (χ0) is 13.8. The first-order valence-corrected chi connectivity index (χ1v) is 6.40. The second-order valence-electron chi connectivity index (χ2n) is 5.98. The zero-order valence-corrected chi connectivity index (χ0v) is 11.0. The molecule has 1 aliphatic carbocycles. The Kier molecular flexibility index (Phi) is 2.42. The third kappa shape index (κ3) is 1.80. The smallest absolute Gasteiger partial charge is 0.354 e. The van der Waals surface area contributed by atoms with Gasteiger partial charge in [0.25, 0.3) is 5.91 Å². The first kappa shape index (κ1) is 12.1. The van der Waals surface area contributed by atoms with Crippen LogP contribution in [0.15, 0.2) is 18.3 Å². The molecule has 2 aliphatic rings. The molecule has 1 aliphatic heterocycles. The molecule has 2 unspecified atom stereocenters. The molecule has 1 saturated heterocycles. The Balaban J connectivity index is 1.75. The Morgan fingerprint density at radius 1 is 1.37 bits per heavy atom. The maximum absolute atomic E-state index is 12.3. The van der Waals surface area contributed by atoms with Gasteiger partial charge in [0.15, 0.2) is 0 Å². The highest BCUT2D eigenvalue weighted by atomic mass is 16.4. The van der Waals surface area contributed by atoms with Gasteiger partial charge in [-0.05, 0) is 29.4 Å². The summed E-state index contributed by atoms with van der Waals surface area (Å²) in [5.41, 5.74) is 0.684. The van der Waals surface area contributed by atoms with Crippen LogP contribution in [0, 0.1) is 17.3 Å². The highest BCUT2D eigenvalue weighted by Gasteiger charge is 2.62. The quantitative estimate of drug-likeness (QED) is 0.875. The van der Waals surface area contributed by atoms with E-state index in [1.165, 1.54) is 12.3 Å². The van der Waals surface area contributed by atoms with Crippen LogP contribution in [0.3, 0.4) is 0 Å². The lowest BCUT2D eigenvalue weighted by Gasteiger charge is -2.22. The van der Waals surface area contributed by atoms with E-state index in [-0.39, 0.29) is 11.6 Å². The van der Waals surface area contributed by atoms with Gasteiger partial charge in [-0.2, -0.15) is 0 Å². The summed E-state index contributed by atoms with van der Waals surface area (Å²) >= 11 is 0. The molecule has 2 fully saturated rings. The third-order valence-corrected chi connectivity index (χ3v) is 4.64. The van der Waals surface area contributed by atoms with E-state index in [0.717, 1.165) is 13.1 Å². The fourth-order valence-electron chi connectivity index (χ4n) is 3.16. The minimum atomic E-state index is -1.11. The van der Waals surface area contributed by atoms with Gasteiger partial charge in [0, 0.05) is 24.8 Å². The number of nitrogens with zero attached hydrogens (tertiary/aromatic N) is 2. The van der Waals surface area contributed by atoms with E-state index >= 15 is 0 Å². The lowest BCUT2D eigenvalue weighted by molar-refractivity contribution is 0.0690. The number of piperidine rings is 1. The number of carboxylic acid groups (broad SMARTS) is 1. The number of aromatic nitrogens is 1. The number of hydrogen-bond acceptors (Lipinski definition) is 3. The molecule has 1 aromatic heterocycles. The number of rotatable bonds is 2. The summed E-state index contributed by atoms with van der Waals surface area (Å²) in [6.07, 6.45) is 1.37. The summed E-state index contributed by atoms with van der Waals surface area (Å²) in [5, 5.41) is 8.89. The van der Waals surface area contributed by atoms with Crippen LogP contribution in [0.1, 0.15) is 34.7 Å². The van der Waals surface area contributed by atoms with Crippen LogP contribution in [-0.2, 0) is 0 Å². The Bertz CT molecular complexity index is 554. The normalized spacial score (nSPS) is 26.9. The zero-order valence-electron chi connectivity index (χ0n) is 11.0. The van der Waals surface area contributed by atoms with Crippen LogP contribution in [0.2, 0.25) is 0 Å². The van der Waals surface area contributed by atoms with Crippen LogP contribution in [0.25, 0.3) is 0 Å². The largest absolute Gasteiger partial charge is 0.477 e. The van der Waals surface area contributed by atoms with Crippen molar-refractivity contribution in [3.63, 3.8) is 0 Å². The number of hydrogen-bond donors (Lipinski definition) is 1. The molecule has 5 heteroatoms. The summed E-state index contributed by atoms with van der Waals surface area (Å²) in [5.74, 6) is -0.0117. The Morgan fingerprint density at radius 2 is 2.00 bits per heavy atom. The molecule has 1 saturated carbocycles. The van der Waals surface area contributed by atoms with E-state index in [4.69, 9.17) is 5.11 Å². The van der Waals surface area contributed by atoms with Crippen molar-refractivity contribution in [1.82, 2.24) is 9.88 Å². The second kappa shape index (κ2) is 3.79. The van der Waals surface area contributed by atoms with Gasteiger partial charge in [-0.15, -0.1) is 0 Å². The van der Waals surface area contributed by atoms with Crippen LogP contribution in [-0.4, -0.2) is 40.0 Å². The molecule has 2 heterocycles. The van der Waals surface area contributed by atoms with Crippen molar-refractivity contribution >= 4 is 11.9 Å². The van der Waals surface area contributed by atoms with Crippen LogP contribution in [0.4, 0.5) is 0 Å². The monoisotopic (exact) mass is 260 g/mol. The highest BCUT2D eigenvalue weighted by molar-refractivity contribution is 5.96. The lowest BCUT2D eigenvalue weighted by atomic mass is 10.1. The van der Waals surface area contributed by atoms with E-state index in [2.05, 4.69) is 18.8 Å². The van der Waals surface area contributed by atoms with Crippen LogP contribution >= 0.6 is 0 Å². The Labute approximate surface area is 111 Å². The number of aromatic carboxylic acids is 1. The van der Waals surface area contributed by atoms with E-state index in [0.29, 0.717) is 22.8 Å². The molecule has 1 aromatic rings. The predicted molar refractivity (Wildman–Crippen MR) is 67.9 cm³/mol. The van der Waals surface area contributed by atoms with Crippen molar-refractivity contribution in [3.05, 3.63) is 29.6 Å². The Morgan fingerprint density at radius 3 is 2.58 bits per heavy atom. The van der Waals surface area contributed by atoms with Gasteiger partial charge >= 0.3 is 5.97 Å². The third-order valence-electron chi connectivity index (χ3n) is 4.64. The molecule has 19 heavy (non-hydrogen) atoms. The summed E-state index contributed by atoms with van der Waals surface area (Å²) < 4.78 is 0. The number of carboxylic acids is 1. The molecule has 3 rings (SSSR count). The van der Waals surface area contributed by atoms with Crippen molar-refractivity contribution in [2.45, 2.75) is 13.8 Å². The molecule has 1 amide bonds. The fraction of sp³-hybridized carbons (Fsp3) is 0.500. The van der Waals surface area contributed by atoms with Gasteiger partial charge < -0.3 is 10.0 Å². The van der Waals surface area contributed by atoms with Gasteiger partial charge in [0.1, 0.15) is 5.69 Å². The molecule has 1 N–H and O–H groups in total. The van der Waals surface area contributed by atoms with Crippen LogP contribution in [0.5, 0.6) is 0 Å². The molecule has 100 valence electrons. The minimum Gasteiger partial charge on any atom is -0.477 e. The molecular formula is C14H16N2O3. The molecule has 0 aromatic carbocycles. The van der Waals surface area contributed by atoms with Crippen LogP contribution < -0.4 is 0 Å². The van der Waals surface area contributed by atoms with Gasteiger partial charge in [-0.25, -0.2) is 9.78 Å². The first-order valence-electron chi connectivity index (χ1n) is 6.40. The summed E-state index contributed by atoms with van der Waals surface area (Å²) in [7, 11) is 0. The van der Waals surface area contributed by atoms with Crippen molar-refractivity contribution in [3.8, 4) is 0 Å². The number of likely N-dealkylation sites (tertiary alicyclic amines) is 1. The van der Waals surface area contributed by atoms with Gasteiger partial charge in [0.2, 0.25) is 0 Å². The molecule has 0 spiro atoms. The highest BCUT2D eigenvalue weighted by Crippen LogP contribution is 2.62. The molecular weight excluding hydrogens is 244 g/mol. The average molecular weight is 260 g/mol. The van der Waals surface area contributed by atoms with Gasteiger partial charge in [0.05, 0.1) is 0 Å². The van der Waals surface area contributed by atoms with E-state index in [1.54, 1.807) is 6.07 Å². The van der Waals surface area contributed by atoms with Crippen molar-refractivity contribution in [1.29, 1.82) is 0 Å². The average Bonchev–Trinajstić information content (AvgIpc) is 2.79. The summed E-state index contributed by atoms with van der Waals surface area (Å²) in [6, 6.07) is 2.92. The van der Waals surface area contributed by atoms with Gasteiger partial charge in [-0.1, -0.05) is 13.8 Å². The van der Waals surface area contributed by atoms with Gasteiger partial charge in [-0.3, -0.25) is 4.79 Å². The topological polar surface area (TPSA) is 70.5 Å². The maximum atomic E-state index is 12.3. The lowest BCUT2D eigenvalue weighted by Crippen LogP contribution is -2.33. The number of carbonyl (C=O) groups excluding carboxylic acids is 1. The molecule has 2 atom stereocenters. The number of pyridine rings is 1. The first-order chi connectivity index (χ1) is 8.91. The number of amides is 1. The molecule has 0 radical (unpaired) electrons. The number of carbonyl (C=O) groups is 2. The van der Waals surface area contributed by atoms with E-state index < -0.39 is 5.97 Å². The SMILES string of the molecule is CC1(C)C2CN(C(=O)c3ccnc(C(=O)O)c3)CC21. The fourth-order valence-corrected chi connectivity index (χ4v) is 3.16. The maximum Gasteiger partial charge on any atom is 0.354 e. The van der Waals surface area contributed by atoms with E-state index in [1.807, 2.05) is 4.90 Å². The Hall–Kier alpha value is -1.91. The summed E-state index contributed by atoms with van der Waals surface area (Å²) in [6.45, 7) is 6.03. The molecule has 0 bridgehead atoms. The van der Waals surface area contributed by atoms with Crippen molar-refractivity contribution in [2.24, 2.45) is 17.3 Å². The second-order valence-corrected chi connectivity index (χ2v) is 5.98. The summed E-state index contributed by atoms with van der Waals surface area (Å²) in [4.78, 5) is 28.7. The number of fused-ring (bicyclic) bond motifs is 1. The van der Waals surface area contributed by atoms with Crippen molar-refractivity contribution in [2.75, 3.05) is 13.1 Å².